The van der Waals surface area contributed by atoms with E-state index in [0.29, 0.717) is 17.1 Å². The van der Waals surface area contributed by atoms with Crippen LogP contribution in [0.15, 0.2) is 53.0 Å². The summed E-state index contributed by atoms with van der Waals surface area (Å²) >= 11 is 9.53. The summed E-state index contributed by atoms with van der Waals surface area (Å²) in [5, 5.41) is 3.56. The zero-order valence-electron chi connectivity index (χ0n) is 21.3. The Morgan fingerprint density at radius 2 is 1.81 bits per heavy atom. The number of carbonyl (C=O) groups excluding carboxylic acids is 2. The quantitative estimate of drug-likeness (QED) is 0.362. The highest BCUT2D eigenvalue weighted by Gasteiger charge is 2.28. The number of sulfonamides is 1. The maximum Gasteiger partial charge on any atom is 0.242 e. The molecule has 3 rings (SSSR count). The number of amides is 2. The second-order valence-corrected chi connectivity index (χ2v) is 12.8. The van der Waals surface area contributed by atoms with E-state index < -0.39 is 16.1 Å². The summed E-state index contributed by atoms with van der Waals surface area (Å²) in [7, 11) is -3.57. The molecule has 1 atom stereocenters. The summed E-state index contributed by atoms with van der Waals surface area (Å²) < 4.78 is 27.0. The number of hydrogen-bond acceptors (Lipinski definition) is 4. The lowest BCUT2D eigenvalue weighted by Crippen LogP contribution is -2.50. The topological polar surface area (TPSA) is 86.8 Å². The Hall–Kier alpha value is -2.10. The molecular formula is C27H35BrClN3O4S. The first-order valence-corrected chi connectivity index (χ1v) is 15.6. The fraction of sp³-hybridized carbons (Fsp3) is 0.481. The normalized spacial score (nSPS) is 15.1. The van der Waals surface area contributed by atoms with Crippen LogP contribution < -0.4 is 9.62 Å². The lowest BCUT2D eigenvalue weighted by Gasteiger charge is -2.31. The Morgan fingerprint density at radius 3 is 2.46 bits per heavy atom. The summed E-state index contributed by atoms with van der Waals surface area (Å²) in [6.45, 7) is 2.16. The van der Waals surface area contributed by atoms with Crippen molar-refractivity contribution in [2.75, 3.05) is 17.1 Å². The highest BCUT2D eigenvalue weighted by molar-refractivity contribution is 9.10. The summed E-state index contributed by atoms with van der Waals surface area (Å²) in [6.07, 6.45) is 6.84. The number of nitrogens with one attached hydrogen (secondary N) is 1. The Balaban J connectivity index is 1.71. The monoisotopic (exact) mass is 611 g/mol. The Morgan fingerprint density at radius 1 is 1.11 bits per heavy atom. The minimum Gasteiger partial charge on any atom is -0.352 e. The Bertz CT molecular complexity index is 1190. The third-order valence-corrected chi connectivity index (χ3v) is 8.53. The van der Waals surface area contributed by atoms with Crippen molar-refractivity contribution < 1.29 is 18.0 Å². The second-order valence-electron chi connectivity index (χ2n) is 9.59. The summed E-state index contributed by atoms with van der Waals surface area (Å²) in [5.74, 6) is -0.363. The van der Waals surface area contributed by atoms with Crippen LogP contribution in [0, 0.1) is 0 Å². The zero-order valence-corrected chi connectivity index (χ0v) is 24.5. The molecule has 1 aliphatic rings. The molecule has 0 heterocycles. The molecule has 2 aromatic carbocycles. The van der Waals surface area contributed by atoms with Crippen LogP contribution in [0.25, 0.3) is 0 Å². The smallest absolute Gasteiger partial charge is 0.242 e. The molecular weight excluding hydrogens is 578 g/mol. The van der Waals surface area contributed by atoms with Gasteiger partial charge >= 0.3 is 0 Å². The van der Waals surface area contributed by atoms with Crippen molar-refractivity contribution in [1.82, 2.24) is 10.2 Å². The highest BCUT2D eigenvalue weighted by Crippen LogP contribution is 2.23. The largest absolute Gasteiger partial charge is 0.352 e. The minimum absolute atomic E-state index is 0.0988. The molecule has 0 aromatic heterocycles. The van der Waals surface area contributed by atoms with Crippen LogP contribution in [0.5, 0.6) is 0 Å². The van der Waals surface area contributed by atoms with Crippen LogP contribution in [0.2, 0.25) is 5.02 Å². The standard InChI is InChI=1S/C27H35BrClN3O4S/c1-20(27(34)30-24-12-4-3-5-13-24)31(19-21-9-6-10-22(28)17-21)26(33)15-8-16-32(37(2,35)36)25-14-7-11-23(29)18-25/h6-7,9-11,14,17-18,20,24H,3-5,8,12-13,15-16,19H2,1-2H3,(H,30,34)/t20-/m1/s1. The van der Waals surface area contributed by atoms with E-state index in [0.717, 1.165) is 42.0 Å². The molecule has 37 heavy (non-hydrogen) atoms. The molecule has 10 heteroatoms. The van der Waals surface area contributed by atoms with E-state index in [1.807, 2.05) is 24.3 Å². The SMILES string of the molecule is C[C@H](C(=O)NC1CCCCC1)N(Cc1cccc(Br)c1)C(=O)CCCN(c1cccc(Cl)c1)S(C)(=O)=O. The predicted molar refractivity (Wildman–Crippen MR) is 152 cm³/mol. The fourth-order valence-corrected chi connectivity index (χ4v) is 6.21. The third-order valence-electron chi connectivity index (χ3n) is 6.61. The van der Waals surface area contributed by atoms with Crippen molar-refractivity contribution in [2.24, 2.45) is 0 Å². The van der Waals surface area contributed by atoms with Gasteiger partial charge in [-0.3, -0.25) is 13.9 Å². The van der Waals surface area contributed by atoms with Crippen molar-refractivity contribution in [3.05, 3.63) is 63.6 Å². The molecule has 7 nitrogen and oxygen atoms in total. The van der Waals surface area contributed by atoms with Crippen molar-refractivity contribution in [1.29, 1.82) is 0 Å². The maximum absolute atomic E-state index is 13.4. The van der Waals surface area contributed by atoms with Gasteiger partial charge in [-0.05, 0) is 62.1 Å². The molecule has 1 saturated carbocycles. The van der Waals surface area contributed by atoms with Crippen LogP contribution in [-0.4, -0.2) is 50.0 Å². The second kappa shape index (κ2) is 13.6. The number of hydrogen-bond donors (Lipinski definition) is 1. The molecule has 1 N–H and O–H groups in total. The van der Waals surface area contributed by atoms with Crippen LogP contribution in [0.1, 0.15) is 57.4 Å². The van der Waals surface area contributed by atoms with E-state index in [9.17, 15) is 18.0 Å². The molecule has 2 aromatic rings. The average molecular weight is 613 g/mol. The van der Waals surface area contributed by atoms with Crippen molar-refractivity contribution >= 4 is 55.1 Å². The van der Waals surface area contributed by atoms with Crippen LogP contribution in [-0.2, 0) is 26.2 Å². The molecule has 0 saturated heterocycles. The summed E-state index contributed by atoms with van der Waals surface area (Å²) in [4.78, 5) is 28.2. The van der Waals surface area contributed by atoms with Gasteiger partial charge in [0.15, 0.2) is 0 Å². The molecule has 0 aliphatic heterocycles. The van der Waals surface area contributed by atoms with E-state index in [1.54, 1.807) is 36.1 Å². The third kappa shape index (κ3) is 9.00. The molecule has 1 aliphatic carbocycles. The number of anilines is 1. The van der Waals surface area contributed by atoms with Crippen LogP contribution in [0.3, 0.4) is 0 Å². The first-order valence-electron chi connectivity index (χ1n) is 12.6. The van der Waals surface area contributed by atoms with Gasteiger partial charge in [-0.1, -0.05) is 65.0 Å². The van der Waals surface area contributed by atoms with Gasteiger partial charge in [-0.2, -0.15) is 0 Å². The number of rotatable bonds is 11. The number of nitrogens with zero attached hydrogens (tertiary/aromatic N) is 2. The van der Waals surface area contributed by atoms with Gasteiger partial charge in [0.05, 0.1) is 11.9 Å². The fourth-order valence-electron chi connectivity index (χ4n) is 4.62. The Labute approximate surface area is 233 Å². The van der Waals surface area contributed by atoms with Gasteiger partial charge in [0.1, 0.15) is 6.04 Å². The van der Waals surface area contributed by atoms with Crippen LogP contribution in [0.4, 0.5) is 5.69 Å². The van der Waals surface area contributed by atoms with Crippen molar-refractivity contribution in [2.45, 2.75) is 70.5 Å². The van der Waals surface area contributed by atoms with E-state index >= 15 is 0 Å². The molecule has 0 radical (unpaired) electrons. The van der Waals surface area contributed by atoms with Gasteiger partial charge in [-0.15, -0.1) is 0 Å². The average Bonchev–Trinajstić information content (AvgIpc) is 2.84. The number of benzene rings is 2. The summed E-state index contributed by atoms with van der Waals surface area (Å²) in [5.41, 5.74) is 1.35. The molecule has 202 valence electrons. The molecule has 0 bridgehead atoms. The van der Waals surface area contributed by atoms with Crippen LogP contribution >= 0.6 is 27.5 Å². The molecule has 2 amide bonds. The maximum atomic E-state index is 13.4. The lowest BCUT2D eigenvalue weighted by atomic mass is 9.95. The zero-order chi connectivity index (χ0) is 27.0. The van der Waals surface area contributed by atoms with Crippen molar-refractivity contribution in [3.8, 4) is 0 Å². The van der Waals surface area contributed by atoms with E-state index in [1.165, 1.54) is 10.7 Å². The lowest BCUT2D eigenvalue weighted by molar-refractivity contribution is -0.141. The predicted octanol–water partition coefficient (Wildman–Crippen LogP) is 5.51. The summed E-state index contributed by atoms with van der Waals surface area (Å²) in [6, 6.07) is 13.8. The van der Waals surface area contributed by atoms with Gasteiger partial charge in [-0.25, -0.2) is 8.42 Å². The first-order chi connectivity index (χ1) is 17.5. The van der Waals surface area contributed by atoms with E-state index in [4.69, 9.17) is 11.6 Å². The van der Waals surface area contributed by atoms with Gasteiger partial charge in [0, 0.05) is 35.0 Å². The molecule has 0 spiro atoms. The Kier molecular flexibility index (Phi) is 10.8. The highest BCUT2D eigenvalue weighted by atomic mass is 79.9. The number of carbonyl (C=O) groups is 2. The van der Waals surface area contributed by atoms with E-state index in [2.05, 4.69) is 21.2 Å². The molecule has 0 unspecified atom stereocenters. The first kappa shape index (κ1) is 29.5. The van der Waals surface area contributed by atoms with Gasteiger partial charge in [0.25, 0.3) is 0 Å². The van der Waals surface area contributed by atoms with Gasteiger partial charge < -0.3 is 10.2 Å². The van der Waals surface area contributed by atoms with Crippen molar-refractivity contribution in [3.63, 3.8) is 0 Å². The van der Waals surface area contributed by atoms with E-state index in [-0.39, 0.29) is 37.4 Å². The minimum atomic E-state index is -3.57. The van der Waals surface area contributed by atoms with Gasteiger partial charge in [0.2, 0.25) is 21.8 Å². The number of halogens is 2. The molecule has 1 fully saturated rings.